The summed E-state index contributed by atoms with van der Waals surface area (Å²) >= 11 is 0. The van der Waals surface area contributed by atoms with Crippen molar-refractivity contribution in [1.82, 2.24) is 4.98 Å². The van der Waals surface area contributed by atoms with Gasteiger partial charge in [-0.3, -0.25) is 9.69 Å². The van der Waals surface area contributed by atoms with Crippen LogP contribution in [0.3, 0.4) is 0 Å². The summed E-state index contributed by atoms with van der Waals surface area (Å²) in [7, 11) is 0. The van der Waals surface area contributed by atoms with Gasteiger partial charge < -0.3 is 10.1 Å². The van der Waals surface area contributed by atoms with Crippen molar-refractivity contribution in [3.63, 3.8) is 0 Å². The van der Waals surface area contributed by atoms with Gasteiger partial charge in [0.2, 0.25) is 5.56 Å². The Morgan fingerprint density at radius 3 is 3.00 bits per heavy atom. The SMILES string of the molecule is O=C(O)N1CCc2[nH]c(=O)ccc21. The van der Waals surface area contributed by atoms with E-state index in [1.54, 1.807) is 0 Å². The van der Waals surface area contributed by atoms with Crippen molar-refractivity contribution in [3.05, 3.63) is 28.2 Å². The van der Waals surface area contributed by atoms with Crippen molar-refractivity contribution in [2.45, 2.75) is 6.42 Å². The van der Waals surface area contributed by atoms with Gasteiger partial charge >= 0.3 is 6.09 Å². The van der Waals surface area contributed by atoms with E-state index in [2.05, 4.69) is 4.98 Å². The van der Waals surface area contributed by atoms with Gasteiger partial charge in [-0.2, -0.15) is 0 Å². The molecule has 13 heavy (non-hydrogen) atoms. The molecule has 0 atom stereocenters. The number of carboxylic acid groups (broad SMARTS) is 1. The number of nitrogens with zero attached hydrogens (tertiary/aromatic N) is 1. The number of hydrogen-bond acceptors (Lipinski definition) is 2. The molecule has 1 aliphatic heterocycles. The first-order valence-corrected chi connectivity index (χ1v) is 3.91. The number of rotatable bonds is 0. The molecule has 0 radical (unpaired) electrons. The first-order valence-electron chi connectivity index (χ1n) is 3.91. The van der Waals surface area contributed by atoms with Gasteiger partial charge in [0.15, 0.2) is 0 Å². The molecule has 0 unspecified atom stereocenters. The van der Waals surface area contributed by atoms with E-state index >= 15 is 0 Å². The average molecular weight is 180 g/mol. The molecule has 68 valence electrons. The molecule has 1 aliphatic rings. The minimum absolute atomic E-state index is 0.189. The highest BCUT2D eigenvalue weighted by Crippen LogP contribution is 2.24. The maximum atomic E-state index is 10.9. The molecule has 2 heterocycles. The average Bonchev–Trinajstić information content (AvgIpc) is 2.46. The van der Waals surface area contributed by atoms with Crippen LogP contribution in [0.15, 0.2) is 16.9 Å². The second-order valence-electron chi connectivity index (χ2n) is 2.87. The van der Waals surface area contributed by atoms with E-state index in [0.717, 1.165) is 0 Å². The van der Waals surface area contributed by atoms with Gasteiger partial charge in [-0.25, -0.2) is 4.79 Å². The van der Waals surface area contributed by atoms with Crippen molar-refractivity contribution >= 4 is 11.8 Å². The molecule has 0 aliphatic carbocycles. The van der Waals surface area contributed by atoms with E-state index in [1.165, 1.54) is 17.0 Å². The Morgan fingerprint density at radius 2 is 2.31 bits per heavy atom. The number of anilines is 1. The molecule has 5 nitrogen and oxygen atoms in total. The third kappa shape index (κ3) is 1.18. The van der Waals surface area contributed by atoms with Crippen molar-refractivity contribution in [1.29, 1.82) is 0 Å². The van der Waals surface area contributed by atoms with Gasteiger partial charge in [0, 0.05) is 24.7 Å². The van der Waals surface area contributed by atoms with Crippen LogP contribution in [-0.2, 0) is 6.42 Å². The minimum atomic E-state index is -0.981. The summed E-state index contributed by atoms with van der Waals surface area (Å²) in [6, 6.07) is 2.87. The Balaban J connectivity index is 2.49. The first-order chi connectivity index (χ1) is 6.18. The zero-order valence-corrected chi connectivity index (χ0v) is 6.78. The van der Waals surface area contributed by atoms with Gasteiger partial charge in [-0.1, -0.05) is 0 Å². The molecule has 0 saturated carbocycles. The molecule has 1 aromatic heterocycles. The van der Waals surface area contributed by atoms with E-state index in [0.29, 0.717) is 24.3 Å². The maximum absolute atomic E-state index is 10.9. The standard InChI is InChI=1S/C8H8N2O3/c11-7-2-1-6-5(9-7)3-4-10(6)8(12)13/h1-2H,3-4H2,(H,9,11)(H,12,13). The monoisotopic (exact) mass is 180 g/mol. The summed E-state index contributed by atoms with van der Waals surface area (Å²) in [5.41, 5.74) is 1.10. The van der Waals surface area contributed by atoms with Crippen LogP contribution in [0.25, 0.3) is 0 Å². The summed E-state index contributed by atoms with van der Waals surface area (Å²) < 4.78 is 0. The molecule has 5 heteroatoms. The number of aromatic nitrogens is 1. The molecule has 0 fully saturated rings. The Bertz CT molecular complexity index is 410. The Kier molecular flexibility index (Phi) is 1.58. The van der Waals surface area contributed by atoms with Crippen molar-refractivity contribution in [2.75, 3.05) is 11.4 Å². The maximum Gasteiger partial charge on any atom is 0.411 e. The van der Waals surface area contributed by atoms with E-state index in [4.69, 9.17) is 5.11 Å². The number of fused-ring (bicyclic) bond motifs is 1. The lowest BCUT2D eigenvalue weighted by Crippen LogP contribution is -2.26. The molecule has 0 aromatic carbocycles. The summed E-state index contributed by atoms with van der Waals surface area (Å²) in [6.45, 7) is 0.421. The van der Waals surface area contributed by atoms with Gasteiger partial charge in [0.05, 0.1) is 5.69 Å². The summed E-state index contributed by atoms with van der Waals surface area (Å²) in [5, 5.41) is 8.76. The zero-order valence-electron chi connectivity index (χ0n) is 6.78. The summed E-state index contributed by atoms with van der Waals surface area (Å²) in [4.78, 5) is 25.4. The predicted octanol–water partition coefficient (Wildman–Crippen LogP) is 0.415. The fourth-order valence-corrected chi connectivity index (χ4v) is 1.50. The number of nitrogens with one attached hydrogen (secondary N) is 1. The van der Waals surface area contributed by atoms with Crippen LogP contribution < -0.4 is 10.5 Å². The molecule has 0 saturated heterocycles. The number of pyridine rings is 1. The van der Waals surface area contributed by atoms with E-state index in [9.17, 15) is 9.59 Å². The molecule has 1 aromatic rings. The van der Waals surface area contributed by atoms with Gasteiger partial charge in [0.1, 0.15) is 0 Å². The largest absolute Gasteiger partial charge is 0.465 e. The minimum Gasteiger partial charge on any atom is -0.465 e. The van der Waals surface area contributed by atoms with Crippen LogP contribution in [0.4, 0.5) is 10.5 Å². The lowest BCUT2D eigenvalue weighted by atomic mass is 10.3. The predicted molar refractivity (Wildman–Crippen MR) is 46.1 cm³/mol. The van der Waals surface area contributed by atoms with Crippen LogP contribution in [-0.4, -0.2) is 22.7 Å². The van der Waals surface area contributed by atoms with Crippen LogP contribution >= 0.6 is 0 Å². The Hall–Kier alpha value is -1.78. The molecule has 0 spiro atoms. The number of amides is 1. The molecule has 2 rings (SSSR count). The number of hydrogen-bond donors (Lipinski definition) is 2. The van der Waals surface area contributed by atoms with E-state index in [-0.39, 0.29) is 5.56 Å². The smallest absolute Gasteiger partial charge is 0.411 e. The van der Waals surface area contributed by atoms with Crippen LogP contribution in [0, 0.1) is 0 Å². The van der Waals surface area contributed by atoms with Crippen LogP contribution in [0.5, 0.6) is 0 Å². The highest BCUT2D eigenvalue weighted by molar-refractivity contribution is 5.88. The lowest BCUT2D eigenvalue weighted by Gasteiger charge is -2.11. The summed E-state index contributed by atoms with van der Waals surface area (Å²) in [6.07, 6.45) is -0.400. The van der Waals surface area contributed by atoms with Gasteiger partial charge in [0.25, 0.3) is 0 Å². The van der Waals surface area contributed by atoms with Crippen molar-refractivity contribution < 1.29 is 9.90 Å². The Morgan fingerprint density at radius 1 is 1.54 bits per heavy atom. The van der Waals surface area contributed by atoms with Crippen LogP contribution in [0.2, 0.25) is 0 Å². The van der Waals surface area contributed by atoms with Crippen molar-refractivity contribution in [3.8, 4) is 0 Å². The van der Waals surface area contributed by atoms with Gasteiger partial charge in [-0.15, -0.1) is 0 Å². The van der Waals surface area contributed by atoms with Gasteiger partial charge in [-0.05, 0) is 6.07 Å². The first kappa shape index (κ1) is 7.85. The third-order valence-electron chi connectivity index (χ3n) is 2.08. The number of H-pyrrole nitrogens is 1. The quantitative estimate of drug-likeness (QED) is 0.607. The third-order valence-corrected chi connectivity index (χ3v) is 2.08. The van der Waals surface area contributed by atoms with Crippen LogP contribution in [0.1, 0.15) is 5.69 Å². The second kappa shape index (κ2) is 2.62. The molecular formula is C8H8N2O3. The normalized spacial score (nSPS) is 14.3. The fourth-order valence-electron chi connectivity index (χ4n) is 1.50. The number of carbonyl (C=O) groups is 1. The molecular weight excluding hydrogens is 172 g/mol. The van der Waals surface area contributed by atoms with Crippen molar-refractivity contribution in [2.24, 2.45) is 0 Å². The van der Waals surface area contributed by atoms with E-state index in [1.807, 2.05) is 0 Å². The Labute approximate surface area is 73.6 Å². The number of aromatic amines is 1. The second-order valence-corrected chi connectivity index (χ2v) is 2.87. The summed E-state index contributed by atoms with van der Waals surface area (Å²) in [5.74, 6) is 0. The topological polar surface area (TPSA) is 73.4 Å². The molecule has 2 N–H and O–H groups in total. The fraction of sp³-hybridized carbons (Fsp3) is 0.250. The molecule has 0 bridgehead atoms. The zero-order chi connectivity index (χ0) is 9.42. The highest BCUT2D eigenvalue weighted by Gasteiger charge is 2.24. The molecule has 1 amide bonds. The highest BCUT2D eigenvalue weighted by atomic mass is 16.4. The van der Waals surface area contributed by atoms with E-state index < -0.39 is 6.09 Å². The lowest BCUT2D eigenvalue weighted by molar-refractivity contribution is 0.202.